The summed E-state index contributed by atoms with van der Waals surface area (Å²) in [7, 11) is 0. The zero-order chi connectivity index (χ0) is 13.2. The van der Waals surface area contributed by atoms with E-state index < -0.39 is 0 Å². The molecule has 0 aromatic carbocycles. The molecule has 0 spiro atoms. The molecular formula is C16H27NS. The number of thiophene rings is 1. The van der Waals surface area contributed by atoms with E-state index in [1.807, 2.05) is 11.3 Å². The van der Waals surface area contributed by atoms with Gasteiger partial charge in [-0.05, 0) is 57.1 Å². The van der Waals surface area contributed by atoms with E-state index in [9.17, 15) is 0 Å². The van der Waals surface area contributed by atoms with Crippen LogP contribution < -0.4 is 5.32 Å². The topological polar surface area (TPSA) is 12.0 Å². The largest absolute Gasteiger partial charge is 0.307 e. The lowest BCUT2D eigenvalue weighted by molar-refractivity contribution is 0.308. The second kappa shape index (κ2) is 5.75. The summed E-state index contributed by atoms with van der Waals surface area (Å²) < 4.78 is 0. The molecule has 1 aromatic heterocycles. The second-order valence-electron chi connectivity index (χ2n) is 6.63. The molecule has 1 fully saturated rings. The van der Waals surface area contributed by atoms with Crippen molar-refractivity contribution < 1.29 is 0 Å². The fourth-order valence-electron chi connectivity index (χ4n) is 2.95. The van der Waals surface area contributed by atoms with Gasteiger partial charge in [0.15, 0.2) is 0 Å². The summed E-state index contributed by atoms with van der Waals surface area (Å²) in [5, 5.41) is 3.84. The van der Waals surface area contributed by atoms with Gasteiger partial charge in [-0.25, -0.2) is 0 Å². The third-order valence-corrected chi connectivity index (χ3v) is 5.43. The highest BCUT2D eigenvalue weighted by Gasteiger charge is 2.25. The Morgan fingerprint density at radius 3 is 2.72 bits per heavy atom. The summed E-state index contributed by atoms with van der Waals surface area (Å²) in [4.78, 5) is 2.90. The maximum Gasteiger partial charge on any atom is 0.0388 e. The first kappa shape index (κ1) is 14.1. The highest BCUT2D eigenvalue weighted by Crippen LogP contribution is 2.34. The maximum absolute atomic E-state index is 3.84. The third kappa shape index (κ3) is 3.83. The Hall–Kier alpha value is -0.340. The predicted octanol–water partition coefficient (Wildman–Crippen LogP) is 5.07. The summed E-state index contributed by atoms with van der Waals surface area (Å²) in [5.41, 5.74) is 0.555. The van der Waals surface area contributed by atoms with E-state index in [1.54, 1.807) is 0 Å². The van der Waals surface area contributed by atoms with Crippen LogP contribution in [0, 0.1) is 12.3 Å². The summed E-state index contributed by atoms with van der Waals surface area (Å²) >= 11 is 1.93. The van der Waals surface area contributed by atoms with Crippen molar-refractivity contribution in [2.24, 2.45) is 5.41 Å². The minimum Gasteiger partial charge on any atom is -0.307 e. The molecule has 0 radical (unpaired) electrons. The molecule has 18 heavy (non-hydrogen) atoms. The van der Waals surface area contributed by atoms with E-state index in [0.717, 1.165) is 0 Å². The molecule has 1 N–H and O–H groups in total. The zero-order valence-corrected chi connectivity index (χ0v) is 13.1. The number of rotatable bonds is 3. The lowest BCUT2D eigenvalue weighted by atomic mass is 9.85. The van der Waals surface area contributed by atoms with E-state index >= 15 is 0 Å². The summed E-state index contributed by atoms with van der Waals surface area (Å²) in [6, 6.07) is 5.73. The Balaban J connectivity index is 1.89. The normalized spacial score (nSPS) is 25.7. The SMILES string of the molecule is Cc1ccc(C(C)NC2CCCC(C)(C)CC2)s1. The van der Waals surface area contributed by atoms with Crippen LogP contribution in [0.15, 0.2) is 12.1 Å². The van der Waals surface area contributed by atoms with Crippen molar-refractivity contribution in [1.82, 2.24) is 5.32 Å². The first-order valence-corrected chi connectivity index (χ1v) is 8.10. The van der Waals surface area contributed by atoms with Crippen molar-refractivity contribution >= 4 is 11.3 Å². The molecule has 0 amide bonds. The molecule has 2 unspecified atom stereocenters. The Labute approximate surface area is 116 Å². The minimum atomic E-state index is 0.509. The van der Waals surface area contributed by atoms with Gasteiger partial charge in [0.1, 0.15) is 0 Å². The highest BCUT2D eigenvalue weighted by molar-refractivity contribution is 7.12. The quantitative estimate of drug-likeness (QED) is 0.753. The van der Waals surface area contributed by atoms with Crippen molar-refractivity contribution in [3.05, 3.63) is 21.9 Å². The van der Waals surface area contributed by atoms with E-state index in [2.05, 4.69) is 45.1 Å². The van der Waals surface area contributed by atoms with E-state index in [0.29, 0.717) is 17.5 Å². The molecule has 2 rings (SSSR count). The molecule has 1 aliphatic rings. The Bertz CT molecular complexity index is 380. The van der Waals surface area contributed by atoms with E-state index in [1.165, 1.54) is 41.9 Å². The van der Waals surface area contributed by atoms with Gasteiger partial charge in [-0.15, -0.1) is 11.3 Å². The second-order valence-corrected chi connectivity index (χ2v) is 7.95. The summed E-state index contributed by atoms with van der Waals surface area (Å²) in [6.45, 7) is 9.33. The number of nitrogens with one attached hydrogen (secondary N) is 1. The molecule has 2 atom stereocenters. The first-order valence-electron chi connectivity index (χ1n) is 7.29. The molecule has 1 saturated carbocycles. The molecule has 2 heteroatoms. The van der Waals surface area contributed by atoms with Crippen LogP contribution in [-0.2, 0) is 0 Å². The van der Waals surface area contributed by atoms with Crippen molar-refractivity contribution in [2.45, 2.75) is 71.9 Å². The molecule has 1 aliphatic carbocycles. The Kier molecular flexibility index (Phi) is 4.50. The van der Waals surface area contributed by atoms with Gasteiger partial charge in [0, 0.05) is 21.8 Å². The first-order chi connectivity index (χ1) is 8.46. The van der Waals surface area contributed by atoms with Crippen molar-refractivity contribution in [1.29, 1.82) is 0 Å². The predicted molar refractivity (Wildman–Crippen MR) is 81.3 cm³/mol. The minimum absolute atomic E-state index is 0.509. The van der Waals surface area contributed by atoms with Crippen LogP contribution in [0.4, 0.5) is 0 Å². The number of hydrogen-bond acceptors (Lipinski definition) is 2. The maximum atomic E-state index is 3.84. The average Bonchev–Trinajstić information content (AvgIpc) is 2.65. The number of aryl methyl sites for hydroxylation is 1. The van der Waals surface area contributed by atoms with Crippen molar-refractivity contribution in [3.8, 4) is 0 Å². The number of hydrogen-bond donors (Lipinski definition) is 1. The van der Waals surface area contributed by atoms with Crippen LogP contribution >= 0.6 is 11.3 Å². The third-order valence-electron chi connectivity index (χ3n) is 4.25. The fraction of sp³-hybridized carbons (Fsp3) is 0.750. The van der Waals surface area contributed by atoms with Crippen LogP contribution in [-0.4, -0.2) is 6.04 Å². The van der Waals surface area contributed by atoms with Crippen LogP contribution in [0.5, 0.6) is 0 Å². The van der Waals surface area contributed by atoms with Crippen LogP contribution in [0.2, 0.25) is 0 Å². The monoisotopic (exact) mass is 265 g/mol. The molecule has 0 bridgehead atoms. The van der Waals surface area contributed by atoms with E-state index in [4.69, 9.17) is 0 Å². The summed E-state index contributed by atoms with van der Waals surface area (Å²) in [5.74, 6) is 0. The van der Waals surface area contributed by atoms with Crippen LogP contribution in [0.3, 0.4) is 0 Å². The van der Waals surface area contributed by atoms with Crippen LogP contribution in [0.25, 0.3) is 0 Å². The lowest BCUT2D eigenvalue weighted by Gasteiger charge is -2.23. The Morgan fingerprint density at radius 2 is 2.06 bits per heavy atom. The molecular weight excluding hydrogens is 238 g/mol. The average molecular weight is 265 g/mol. The molecule has 1 heterocycles. The molecule has 0 saturated heterocycles. The smallest absolute Gasteiger partial charge is 0.0388 e. The van der Waals surface area contributed by atoms with Crippen LogP contribution in [0.1, 0.15) is 68.7 Å². The highest BCUT2D eigenvalue weighted by atomic mass is 32.1. The van der Waals surface area contributed by atoms with Gasteiger partial charge in [-0.3, -0.25) is 0 Å². The van der Waals surface area contributed by atoms with Gasteiger partial charge in [0.2, 0.25) is 0 Å². The van der Waals surface area contributed by atoms with Gasteiger partial charge < -0.3 is 5.32 Å². The molecule has 1 nitrogen and oxygen atoms in total. The van der Waals surface area contributed by atoms with Gasteiger partial charge in [0.05, 0.1) is 0 Å². The van der Waals surface area contributed by atoms with Crippen molar-refractivity contribution in [3.63, 3.8) is 0 Å². The van der Waals surface area contributed by atoms with E-state index in [-0.39, 0.29) is 0 Å². The van der Waals surface area contributed by atoms with Gasteiger partial charge in [-0.1, -0.05) is 20.3 Å². The fourth-order valence-corrected chi connectivity index (χ4v) is 3.84. The molecule has 102 valence electrons. The summed E-state index contributed by atoms with van der Waals surface area (Å²) in [6.07, 6.45) is 6.80. The lowest BCUT2D eigenvalue weighted by Crippen LogP contribution is -2.30. The zero-order valence-electron chi connectivity index (χ0n) is 12.3. The molecule has 1 aromatic rings. The van der Waals surface area contributed by atoms with Gasteiger partial charge >= 0.3 is 0 Å². The van der Waals surface area contributed by atoms with Gasteiger partial charge in [0.25, 0.3) is 0 Å². The Morgan fingerprint density at radius 1 is 1.28 bits per heavy atom. The van der Waals surface area contributed by atoms with Gasteiger partial charge in [-0.2, -0.15) is 0 Å². The standard InChI is InChI=1S/C16H27NS/c1-12-7-8-15(18-12)13(2)17-14-6-5-10-16(3,4)11-9-14/h7-8,13-14,17H,5-6,9-11H2,1-4H3. The van der Waals surface area contributed by atoms with Crippen molar-refractivity contribution in [2.75, 3.05) is 0 Å². The molecule has 0 aliphatic heterocycles.